The fourth-order valence-electron chi connectivity index (χ4n) is 2.16. The maximum Gasteiger partial charge on any atom is 0.255 e. The lowest BCUT2D eigenvalue weighted by molar-refractivity contribution is 0.102. The van der Waals surface area contributed by atoms with Gasteiger partial charge in [-0.15, -0.1) is 0 Å². The molecule has 2 aromatic carbocycles. The molecule has 2 aromatic rings. The summed E-state index contributed by atoms with van der Waals surface area (Å²) < 4.78 is 0. The van der Waals surface area contributed by atoms with E-state index in [9.17, 15) is 4.79 Å². The molecular formula is C21H26N2O. The third kappa shape index (κ3) is 5.27. The van der Waals surface area contributed by atoms with Crippen LogP contribution in [0.1, 0.15) is 36.7 Å². The van der Waals surface area contributed by atoms with E-state index in [1.807, 2.05) is 67.5 Å². The van der Waals surface area contributed by atoms with Gasteiger partial charge in [0.15, 0.2) is 0 Å². The second-order valence-corrected chi connectivity index (χ2v) is 7.22. The molecule has 1 N–H and O–H groups in total. The first-order chi connectivity index (χ1) is 11.2. The van der Waals surface area contributed by atoms with Gasteiger partial charge in [0, 0.05) is 31.0 Å². The number of hydrogen-bond acceptors (Lipinski definition) is 2. The molecule has 0 heterocycles. The lowest BCUT2D eigenvalue weighted by atomic mass is 9.95. The molecule has 3 heteroatoms. The smallest absolute Gasteiger partial charge is 0.255 e. The van der Waals surface area contributed by atoms with Crippen molar-refractivity contribution in [1.29, 1.82) is 0 Å². The highest BCUT2D eigenvalue weighted by molar-refractivity contribution is 6.04. The molecule has 1 amide bonds. The minimum Gasteiger partial charge on any atom is -0.378 e. The van der Waals surface area contributed by atoms with Crippen LogP contribution in [0.25, 0.3) is 6.08 Å². The first kappa shape index (κ1) is 17.8. The zero-order valence-corrected chi connectivity index (χ0v) is 15.1. The molecule has 0 fully saturated rings. The molecule has 0 saturated carbocycles. The highest BCUT2D eigenvalue weighted by atomic mass is 16.1. The van der Waals surface area contributed by atoms with Gasteiger partial charge in [-0.25, -0.2) is 0 Å². The quantitative estimate of drug-likeness (QED) is 0.853. The second-order valence-electron chi connectivity index (χ2n) is 7.22. The Labute approximate surface area is 145 Å². The molecule has 0 aliphatic heterocycles. The van der Waals surface area contributed by atoms with E-state index in [0.29, 0.717) is 5.56 Å². The summed E-state index contributed by atoms with van der Waals surface area (Å²) in [5.74, 6) is -0.0998. The van der Waals surface area contributed by atoms with Gasteiger partial charge in [0.2, 0.25) is 0 Å². The number of anilines is 2. The molecule has 0 bridgehead atoms. The molecule has 0 saturated heterocycles. The molecule has 3 nitrogen and oxygen atoms in total. The molecule has 126 valence electrons. The number of carbonyl (C=O) groups excluding carboxylic acids is 1. The van der Waals surface area contributed by atoms with Crippen LogP contribution < -0.4 is 10.2 Å². The van der Waals surface area contributed by atoms with Crippen molar-refractivity contribution in [3.8, 4) is 0 Å². The lowest BCUT2D eigenvalue weighted by Crippen LogP contribution is -2.13. The number of carbonyl (C=O) groups is 1. The molecule has 0 unspecified atom stereocenters. The lowest BCUT2D eigenvalue weighted by Gasteiger charge is -2.14. The van der Waals surface area contributed by atoms with E-state index in [1.165, 1.54) is 0 Å². The maximum atomic E-state index is 12.4. The van der Waals surface area contributed by atoms with Crippen molar-refractivity contribution in [2.24, 2.45) is 5.41 Å². The van der Waals surface area contributed by atoms with Crippen LogP contribution in [-0.4, -0.2) is 20.0 Å². The van der Waals surface area contributed by atoms with Crippen LogP contribution in [0.2, 0.25) is 0 Å². The fraction of sp³-hybridized carbons (Fsp3) is 0.286. The van der Waals surface area contributed by atoms with E-state index in [0.717, 1.165) is 16.9 Å². The van der Waals surface area contributed by atoms with E-state index in [-0.39, 0.29) is 11.3 Å². The fourth-order valence-corrected chi connectivity index (χ4v) is 2.16. The van der Waals surface area contributed by atoms with Crippen molar-refractivity contribution in [1.82, 2.24) is 0 Å². The molecule has 0 spiro atoms. The van der Waals surface area contributed by atoms with E-state index in [1.54, 1.807) is 0 Å². The summed E-state index contributed by atoms with van der Waals surface area (Å²) in [5, 5.41) is 2.95. The average Bonchev–Trinajstić information content (AvgIpc) is 2.53. The van der Waals surface area contributed by atoms with Gasteiger partial charge in [0.25, 0.3) is 5.91 Å². The van der Waals surface area contributed by atoms with Crippen LogP contribution >= 0.6 is 0 Å². The van der Waals surface area contributed by atoms with Gasteiger partial charge in [0.1, 0.15) is 0 Å². The number of allylic oxidation sites excluding steroid dienone is 1. The largest absolute Gasteiger partial charge is 0.378 e. The molecule has 0 aromatic heterocycles. The summed E-state index contributed by atoms with van der Waals surface area (Å²) in [6.07, 6.45) is 4.25. The number of nitrogens with one attached hydrogen (secondary N) is 1. The van der Waals surface area contributed by atoms with Crippen LogP contribution in [0.3, 0.4) is 0 Å². The Hall–Kier alpha value is -2.55. The Morgan fingerprint density at radius 1 is 1.04 bits per heavy atom. The normalized spacial score (nSPS) is 11.5. The summed E-state index contributed by atoms with van der Waals surface area (Å²) in [5.41, 5.74) is 3.74. The monoisotopic (exact) mass is 322 g/mol. The van der Waals surface area contributed by atoms with Gasteiger partial charge in [-0.05, 0) is 41.3 Å². The molecule has 0 radical (unpaired) electrons. The first-order valence-electron chi connectivity index (χ1n) is 8.13. The summed E-state index contributed by atoms with van der Waals surface area (Å²) in [7, 11) is 3.95. The van der Waals surface area contributed by atoms with Crippen LogP contribution in [0, 0.1) is 5.41 Å². The minimum absolute atomic E-state index is 0.0998. The van der Waals surface area contributed by atoms with Gasteiger partial charge in [0.05, 0.1) is 0 Å². The van der Waals surface area contributed by atoms with E-state index >= 15 is 0 Å². The summed E-state index contributed by atoms with van der Waals surface area (Å²) in [6.45, 7) is 6.48. The minimum atomic E-state index is -0.0998. The van der Waals surface area contributed by atoms with Crippen molar-refractivity contribution in [3.05, 3.63) is 65.7 Å². The van der Waals surface area contributed by atoms with Crippen LogP contribution in [0.5, 0.6) is 0 Å². The van der Waals surface area contributed by atoms with Crippen molar-refractivity contribution in [2.45, 2.75) is 20.8 Å². The SMILES string of the molecule is CN(C)c1cccc(NC(=O)c2ccc(/C=C/C(C)(C)C)cc2)c1. The van der Waals surface area contributed by atoms with Crippen molar-refractivity contribution < 1.29 is 4.79 Å². The second kappa shape index (κ2) is 7.35. The molecule has 0 aliphatic rings. The molecule has 0 atom stereocenters. The van der Waals surface area contributed by atoms with Gasteiger partial charge in [-0.2, -0.15) is 0 Å². The summed E-state index contributed by atoms with van der Waals surface area (Å²) in [4.78, 5) is 14.4. The summed E-state index contributed by atoms with van der Waals surface area (Å²) in [6, 6.07) is 15.4. The Bertz CT molecular complexity index is 722. The Morgan fingerprint density at radius 3 is 2.29 bits per heavy atom. The first-order valence-corrected chi connectivity index (χ1v) is 8.13. The number of amides is 1. The Morgan fingerprint density at radius 2 is 1.71 bits per heavy atom. The summed E-state index contributed by atoms with van der Waals surface area (Å²) >= 11 is 0. The van der Waals surface area contributed by atoms with E-state index in [2.05, 4.69) is 38.2 Å². The van der Waals surface area contributed by atoms with Gasteiger partial charge in [-0.3, -0.25) is 4.79 Å². The van der Waals surface area contributed by atoms with Crippen LogP contribution in [0.15, 0.2) is 54.6 Å². The van der Waals surface area contributed by atoms with Gasteiger partial charge in [-0.1, -0.05) is 51.1 Å². The van der Waals surface area contributed by atoms with Gasteiger partial charge < -0.3 is 10.2 Å². The molecular weight excluding hydrogens is 296 g/mol. The molecule has 2 rings (SSSR count). The predicted molar refractivity (Wildman–Crippen MR) is 104 cm³/mol. The molecule has 0 aliphatic carbocycles. The van der Waals surface area contributed by atoms with E-state index < -0.39 is 0 Å². The van der Waals surface area contributed by atoms with Crippen LogP contribution in [0.4, 0.5) is 11.4 Å². The maximum absolute atomic E-state index is 12.4. The predicted octanol–water partition coefficient (Wildman–Crippen LogP) is 5.06. The third-order valence-corrected chi connectivity index (χ3v) is 3.57. The third-order valence-electron chi connectivity index (χ3n) is 3.57. The zero-order chi connectivity index (χ0) is 17.7. The topological polar surface area (TPSA) is 32.3 Å². The van der Waals surface area contributed by atoms with Crippen LogP contribution in [-0.2, 0) is 0 Å². The van der Waals surface area contributed by atoms with Crippen molar-refractivity contribution >= 4 is 23.4 Å². The average molecular weight is 322 g/mol. The highest BCUT2D eigenvalue weighted by Crippen LogP contribution is 2.19. The zero-order valence-electron chi connectivity index (χ0n) is 15.1. The van der Waals surface area contributed by atoms with Crippen molar-refractivity contribution in [3.63, 3.8) is 0 Å². The Balaban J connectivity index is 2.08. The van der Waals surface area contributed by atoms with E-state index in [4.69, 9.17) is 0 Å². The van der Waals surface area contributed by atoms with Crippen molar-refractivity contribution in [2.75, 3.05) is 24.3 Å². The number of hydrogen-bond donors (Lipinski definition) is 1. The number of benzene rings is 2. The Kier molecular flexibility index (Phi) is 5.45. The van der Waals surface area contributed by atoms with Gasteiger partial charge >= 0.3 is 0 Å². The highest BCUT2D eigenvalue weighted by Gasteiger charge is 2.07. The number of rotatable bonds is 4. The molecule has 24 heavy (non-hydrogen) atoms. The standard InChI is InChI=1S/C21H26N2O/c1-21(2,3)14-13-16-9-11-17(12-10-16)20(24)22-18-7-6-8-19(15-18)23(4)5/h6-15H,1-5H3,(H,22,24)/b14-13+. The number of nitrogens with zero attached hydrogens (tertiary/aromatic N) is 1.